The van der Waals surface area contributed by atoms with Crippen LogP contribution in [0.2, 0.25) is 0 Å². The fourth-order valence-corrected chi connectivity index (χ4v) is 0. The highest BCUT2D eigenvalue weighted by Gasteiger charge is 1.35. The fraction of sp³-hybridized carbons (Fsp3) is 0.333. The highest BCUT2D eigenvalue weighted by atomic mass is 31.0. The van der Waals surface area contributed by atoms with Crippen LogP contribution in [0, 0.1) is 0 Å². The molecule has 4 heavy (non-hydrogen) atoms. The summed E-state index contributed by atoms with van der Waals surface area (Å²) in [6.07, 6.45) is 1.91. The van der Waals surface area contributed by atoms with Gasteiger partial charge in [-0.3, -0.25) is 0 Å². The van der Waals surface area contributed by atoms with Crippen LogP contribution in [0.3, 0.4) is 0 Å². The van der Waals surface area contributed by atoms with Crippen LogP contribution in [0.4, 0.5) is 0 Å². The van der Waals surface area contributed by atoms with Gasteiger partial charge in [-0.2, -0.15) is 0 Å². The maximum Gasteiger partial charge on any atom is -0.0466 e. The summed E-state index contributed by atoms with van der Waals surface area (Å²) in [5.41, 5.74) is 0. The van der Waals surface area contributed by atoms with E-state index in [1.807, 2.05) is 13.0 Å². The van der Waals surface area contributed by atoms with E-state index in [1.54, 1.807) is 5.82 Å². The molecule has 0 unspecified atom stereocenters. The van der Waals surface area contributed by atoms with Crippen LogP contribution in [0.15, 0.2) is 11.9 Å². The summed E-state index contributed by atoms with van der Waals surface area (Å²) in [6, 6.07) is 0. The summed E-state index contributed by atoms with van der Waals surface area (Å²) in [6.45, 7) is 1.95. The van der Waals surface area contributed by atoms with Gasteiger partial charge in [-0.25, -0.2) is 0 Å². The zero-order valence-electron chi connectivity index (χ0n) is 2.65. The van der Waals surface area contributed by atoms with Gasteiger partial charge in [-0.05, 0) is 6.92 Å². The van der Waals surface area contributed by atoms with Gasteiger partial charge in [-0.1, -0.05) is 21.1 Å². The highest BCUT2D eigenvalue weighted by Crippen LogP contribution is 1.77. The van der Waals surface area contributed by atoms with Gasteiger partial charge in [0.2, 0.25) is 0 Å². The predicted octanol–water partition coefficient (Wildman–Crippen LogP) is 1.66. The van der Waals surface area contributed by atoms with E-state index in [-0.39, 0.29) is 0 Å². The second-order valence-electron chi connectivity index (χ2n) is 0.500. The topological polar surface area (TPSA) is 0 Å². The quantitative estimate of drug-likeness (QED) is 0.382. The predicted molar refractivity (Wildman–Crippen MR) is 23.1 cm³/mol. The molecule has 0 saturated carbocycles. The molecule has 0 aromatic heterocycles. The Morgan fingerprint density at radius 2 is 2.00 bits per heavy atom. The molecule has 0 heterocycles. The molecule has 0 N–H and O–H groups in total. The van der Waals surface area contributed by atoms with E-state index < -0.39 is 0 Å². The van der Waals surface area contributed by atoms with Crippen molar-refractivity contribution in [3.63, 3.8) is 0 Å². The van der Waals surface area contributed by atoms with Crippen LogP contribution in [0.1, 0.15) is 6.92 Å². The van der Waals surface area contributed by atoms with E-state index in [2.05, 4.69) is 9.24 Å². The van der Waals surface area contributed by atoms with Gasteiger partial charge >= 0.3 is 0 Å². The normalized spacial score (nSPS) is 9.50. The largest absolute Gasteiger partial charge is 0.0871 e. The third-order valence-corrected chi connectivity index (χ3v) is 0.500. The van der Waals surface area contributed by atoms with Crippen LogP contribution >= 0.6 is 9.24 Å². The zero-order valence-corrected chi connectivity index (χ0v) is 3.65. The van der Waals surface area contributed by atoms with Crippen molar-refractivity contribution in [2.75, 3.05) is 0 Å². The molecule has 0 fully saturated rings. The van der Waals surface area contributed by atoms with E-state index in [1.165, 1.54) is 0 Å². The van der Waals surface area contributed by atoms with E-state index in [0.717, 1.165) is 0 Å². The first-order valence-electron chi connectivity index (χ1n) is 1.20. The number of hydrogen-bond donors (Lipinski definition) is 0. The molecule has 0 aromatic carbocycles. The van der Waals surface area contributed by atoms with Gasteiger partial charge in [-0.15, -0.1) is 0 Å². The molecule has 0 aliphatic heterocycles. The molecule has 0 bridgehead atoms. The molecule has 0 saturated heterocycles. The van der Waals surface area contributed by atoms with Gasteiger partial charge in [0.25, 0.3) is 0 Å². The Morgan fingerprint density at radius 1 is 1.75 bits per heavy atom. The van der Waals surface area contributed by atoms with Crippen LogP contribution in [-0.2, 0) is 0 Å². The summed E-state index contributed by atoms with van der Waals surface area (Å²) in [5, 5.41) is 0. The number of allylic oxidation sites excluding steroid dienone is 1. The molecule has 0 aliphatic carbocycles. The van der Waals surface area contributed by atoms with Gasteiger partial charge in [0.1, 0.15) is 0 Å². The van der Waals surface area contributed by atoms with E-state index >= 15 is 0 Å². The molecule has 0 spiro atoms. The molecule has 1 heteroatoms. The second-order valence-corrected chi connectivity index (χ2v) is 0.833. The maximum absolute atomic E-state index is 3.11. The van der Waals surface area contributed by atoms with Crippen LogP contribution < -0.4 is 0 Å². The molecular weight excluding hydrogens is 67.0 g/mol. The summed E-state index contributed by atoms with van der Waals surface area (Å²) < 4.78 is 0. The van der Waals surface area contributed by atoms with Crippen molar-refractivity contribution >= 4 is 9.24 Å². The fourth-order valence-electron chi connectivity index (χ4n) is 0. The van der Waals surface area contributed by atoms with E-state index in [4.69, 9.17) is 0 Å². The highest BCUT2D eigenvalue weighted by molar-refractivity contribution is 7.20. The first kappa shape index (κ1) is 4.17. The van der Waals surface area contributed by atoms with Crippen molar-refractivity contribution in [1.82, 2.24) is 0 Å². The van der Waals surface area contributed by atoms with Crippen LogP contribution in [0.5, 0.6) is 0 Å². The lowest BCUT2D eigenvalue weighted by molar-refractivity contribution is 1.79. The summed E-state index contributed by atoms with van der Waals surface area (Å²) in [7, 11) is 3.11. The molecule has 0 aromatic rings. The third-order valence-electron chi connectivity index (χ3n) is 0.167. The van der Waals surface area contributed by atoms with E-state index in [9.17, 15) is 0 Å². The van der Waals surface area contributed by atoms with Crippen molar-refractivity contribution < 1.29 is 0 Å². The Bertz CT molecular complexity index is 18.5. The maximum atomic E-state index is 3.11. The number of hydrogen-bond acceptors (Lipinski definition) is 0. The summed E-state index contributed by atoms with van der Waals surface area (Å²) in [5.74, 6) is 1.81. The summed E-state index contributed by atoms with van der Waals surface area (Å²) >= 11 is 0. The Morgan fingerprint density at radius 3 is 2.00 bits per heavy atom. The summed E-state index contributed by atoms with van der Waals surface area (Å²) in [4.78, 5) is 0. The Labute approximate surface area is 29.1 Å². The van der Waals surface area contributed by atoms with E-state index in [0.29, 0.717) is 0 Å². The molecule has 0 aliphatic rings. The van der Waals surface area contributed by atoms with Crippen molar-refractivity contribution in [3.05, 3.63) is 11.9 Å². The Hall–Kier alpha value is 0.170. The molecule has 0 atom stereocenters. The van der Waals surface area contributed by atoms with Crippen LogP contribution in [-0.4, -0.2) is 0 Å². The lowest BCUT2D eigenvalue weighted by atomic mass is 10.8. The molecule has 0 rings (SSSR count). The van der Waals surface area contributed by atoms with Crippen molar-refractivity contribution in [1.29, 1.82) is 0 Å². The third kappa shape index (κ3) is 2.17. The van der Waals surface area contributed by atoms with Crippen LogP contribution in [0.25, 0.3) is 0 Å². The van der Waals surface area contributed by atoms with Gasteiger partial charge in [0.05, 0.1) is 0 Å². The first-order valence-corrected chi connectivity index (χ1v) is 1.78. The molecule has 1 radical (unpaired) electrons. The molecule has 0 amide bonds. The minimum Gasteiger partial charge on any atom is -0.0871 e. The Kier molecular flexibility index (Phi) is 3.30. The minimum atomic E-state index is 1.81. The second kappa shape index (κ2) is 3.17. The average Bonchev–Trinajstić information content (AvgIpc) is 1.37. The average molecular weight is 73.1 g/mol. The van der Waals surface area contributed by atoms with Crippen molar-refractivity contribution in [2.45, 2.75) is 6.92 Å². The lowest BCUT2D eigenvalue weighted by Crippen LogP contribution is -1.18. The minimum absolute atomic E-state index is 1.81. The van der Waals surface area contributed by atoms with Gasteiger partial charge < -0.3 is 0 Å². The zero-order chi connectivity index (χ0) is 3.41. The Balaban J connectivity index is 2.55. The van der Waals surface area contributed by atoms with Crippen molar-refractivity contribution in [3.8, 4) is 0 Å². The molecular formula is C3H6P. The smallest absolute Gasteiger partial charge is 0.0466 e. The standard InChI is InChI=1S/C3H6P/c1-2-3-4/h2-4H,1H3. The van der Waals surface area contributed by atoms with Gasteiger partial charge in [0, 0.05) is 0 Å². The van der Waals surface area contributed by atoms with Crippen molar-refractivity contribution in [2.24, 2.45) is 0 Å². The molecule has 23 valence electrons. The molecule has 0 nitrogen and oxygen atoms in total. The SMILES string of the molecule is CC=C[PH]. The lowest BCUT2D eigenvalue weighted by Gasteiger charge is -1.48. The van der Waals surface area contributed by atoms with Gasteiger partial charge in [0.15, 0.2) is 0 Å². The first-order chi connectivity index (χ1) is 1.91. The monoisotopic (exact) mass is 73.0 g/mol. The number of rotatable bonds is 0.